The van der Waals surface area contributed by atoms with Crippen molar-refractivity contribution in [3.05, 3.63) is 80.6 Å². The Bertz CT molecular complexity index is 1160. The molecule has 1 aliphatic rings. The molecule has 2 aromatic carbocycles. The molecule has 1 fully saturated rings. The van der Waals surface area contributed by atoms with Crippen LogP contribution in [0.2, 0.25) is 0 Å². The second-order valence-corrected chi connectivity index (χ2v) is 9.30. The maximum atomic E-state index is 13.3. The van der Waals surface area contributed by atoms with Crippen molar-refractivity contribution in [1.82, 2.24) is 15.2 Å². The maximum absolute atomic E-state index is 13.3. The fraction of sp³-hybridized carbons (Fsp3) is 0.407. The molecule has 1 aliphatic carbocycles. The number of rotatable bonds is 5. The second-order valence-electron chi connectivity index (χ2n) is 9.30. The van der Waals surface area contributed by atoms with Crippen LogP contribution in [0.5, 0.6) is 0 Å². The SMILES string of the molecule is Cc1ccc(CN(Cc2cc3cc(C)cc(C)c3[nH]c2=O)C(=O)NC2CCCCC2)cc1. The highest BCUT2D eigenvalue weighted by Crippen LogP contribution is 2.20. The number of nitrogens with one attached hydrogen (secondary N) is 2. The van der Waals surface area contributed by atoms with Crippen molar-refractivity contribution in [2.24, 2.45) is 0 Å². The zero-order valence-corrected chi connectivity index (χ0v) is 19.3. The first-order chi connectivity index (χ1) is 15.4. The van der Waals surface area contributed by atoms with Gasteiger partial charge in [-0.15, -0.1) is 0 Å². The molecule has 0 unspecified atom stereocenters. The highest BCUT2D eigenvalue weighted by atomic mass is 16.2. The molecule has 3 aromatic rings. The number of aromatic amines is 1. The highest BCUT2D eigenvalue weighted by molar-refractivity contribution is 5.83. The van der Waals surface area contributed by atoms with Crippen LogP contribution in [0.1, 0.15) is 59.9 Å². The summed E-state index contributed by atoms with van der Waals surface area (Å²) in [6.45, 7) is 6.84. The van der Waals surface area contributed by atoms with E-state index in [9.17, 15) is 9.59 Å². The molecule has 1 saturated carbocycles. The molecule has 4 rings (SSSR count). The molecule has 1 aromatic heterocycles. The minimum atomic E-state index is -0.135. The molecule has 0 spiro atoms. The van der Waals surface area contributed by atoms with E-state index in [0.717, 1.165) is 53.3 Å². The van der Waals surface area contributed by atoms with Crippen LogP contribution < -0.4 is 10.9 Å². The van der Waals surface area contributed by atoms with Gasteiger partial charge >= 0.3 is 6.03 Å². The number of urea groups is 1. The number of aromatic nitrogens is 1. The van der Waals surface area contributed by atoms with Gasteiger partial charge in [-0.2, -0.15) is 0 Å². The van der Waals surface area contributed by atoms with Crippen molar-refractivity contribution in [3.63, 3.8) is 0 Å². The Balaban J connectivity index is 1.62. The summed E-state index contributed by atoms with van der Waals surface area (Å²) in [6.07, 6.45) is 5.61. The maximum Gasteiger partial charge on any atom is 0.318 e. The molecule has 0 aliphatic heterocycles. The van der Waals surface area contributed by atoms with Crippen LogP contribution in [0.15, 0.2) is 47.3 Å². The second kappa shape index (κ2) is 9.60. The molecule has 0 atom stereocenters. The molecule has 5 heteroatoms. The minimum Gasteiger partial charge on any atom is -0.335 e. The monoisotopic (exact) mass is 431 g/mol. The van der Waals surface area contributed by atoms with E-state index in [1.54, 1.807) is 4.90 Å². The van der Waals surface area contributed by atoms with Gasteiger partial charge in [0.05, 0.1) is 12.1 Å². The number of nitrogens with zero attached hydrogens (tertiary/aromatic N) is 1. The van der Waals surface area contributed by atoms with Gasteiger partial charge in [-0.25, -0.2) is 4.79 Å². The van der Waals surface area contributed by atoms with Crippen molar-refractivity contribution < 1.29 is 4.79 Å². The van der Waals surface area contributed by atoms with E-state index in [2.05, 4.69) is 48.4 Å². The lowest BCUT2D eigenvalue weighted by atomic mass is 9.96. The number of hydrogen-bond acceptors (Lipinski definition) is 2. The summed E-state index contributed by atoms with van der Waals surface area (Å²) >= 11 is 0. The van der Waals surface area contributed by atoms with E-state index in [0.29, 0.717) is 12.1 Å². The molecule has 32 heavy (non-hydrogen) atoms. The molecular weight excluding hydrogens is 398 g/mol. The van der Waals surface area contributed by atoms with Crippen molar-refractivity contribution in [2.75, 3.05) is 0 Å². The average Bonchev–Trinajstić information content (AvgIpc) is 2.76. The van der Waals surface area contributed by atoms with Gasteiger partial charge in [-0.05, 0) is 62.3 Å². The summed E-state index contributed by atoms with van der Waals surface area (Å²) in [6, 6.07) is 14.4. The predicted octanol–water partition coefficient (Wildman–Crippen LogP) is 5.50. The number of carbonyl (C=O) groups excluding carboxylic acids is 1. The van der Waals surface area contributed by atoms with E-state index in [1.807, 2.05) is 25.1 Å². The molecule has 5 nitrogen and oxygen atoms in total. The number of amides is 2. The Morgan fingerprint density at radius 2 is 1.69 bits per heavy atom. The third-order valence-electron chi connectivity index (χ3n) is 6.45. The minimum absolute atomic E-state index is 0.0996. The number of benzene rings is 2. The van der Waals surface area contributed by atoms with Crippen molar-refractivity contribution >= 4 is 16.9 Å². The number of aryl methyl sites for hydroxylation is 3. The standard InChI is InChI=1S/C27H33N3O2/c1-18-9-11-21(12-10-18)16-30(27(32)28-24-7-5-4-6-8-24)17-23-15-22-14-19(2)13-20(3)25(22)29-26(23)31/h9-15,24H,4-8,16-17H2,1-3H3,(H,28,32)(H,29,31). The van der Waals surface area contributed by atoms with Gasteiger partial charge in [0.15, 0.2) is 0 Å². The first kappa shape index (κ1) is 22.1. The Morgan fingerprint density at radius 1 is 0.969 bits per heavy atom. The average molecular weight is 432 g/mol. The summed E-state index contributed by atoms with van der Waals surface area (Å²) in [7, 11) is 0. The molecule has 1 heterocycles. The lowest BCUT2D eigenvalue weighted by Gasteiger charge is -2.28. The molecular formula is C27H33N3O2. The van der Waals surface area contributed by atoms with Gasteiger partial charge in [-0.3, -0.25) is 4.79 Å². The molecule has 0 radical (unpaired) electrons. The summed E-state index contributed by atoms with van der Waals surface area (Å²) in [4.78, 5) is 31.0. The van der Waals surface area contributed by atoms with Crippen molar-refractivity contribution in [3.8, 4) is 0 Å². The Kier molecular flexibility index (Phi) is 6.63. The third-order valence-corrected chi connectivity index (χ3v) is 6.45. The predicted molar refractivity (Wildman–Crippen MR) is 130 cm³/mol. The van der Waals surface area contributed by atoms with E-state index in [4.69, 9.17) is 0 Å². The number of hydrogen-bond donors (Lipinski definition) is 2. The fourth-order valence-corrected chi connectivity index (χ4v) is 4.68. The van der Waals surface area contributed by atoms with Crippen LogP contribution in [-0.4, -0.2) is 22.0 Å². The fourth-order valence-electron chi connectivity index (χ4n) is 4.68. The van der Waals surface area contributed by atoms with Gasteiger partial charge in [0, 0.05) is 18.2 Å². The Hall–Kier alpha value is -3.08. The van der Waals surface area contributed by atoms with Gasteiger partial charge in [0.2, 0.25) is 0 Å². The molecule has 168 valence electrons. The zero-order chi connectivity index (χ0) is 22.7. The number of H-pyrrole nitrogens is 1. The Labute approximate surface area is 189 Å². The van der Waals surface area contributed by atoms with E-state index in [1.165, 1.54) is 12.0 Å². The van der Waals surface area contributed by atoms with Gasteiger partial charge < -0.3 is 15.2 Å². The van der Waals surface area contributed by atoms with Crippen LogP contribution in [0.25, 0.3) is 10.9 Å². The topological polar surface area (TPSA) is 65.2 Å². The van der Waals surface area contributed by atoms with E-state index < -0.39 is 0 Å². The van der Waals surface area contributed by atoms with Crippen LogP contribution in [0.3, 0.4) is 0 Å². The molecule has 2 amide bonds. The van der Waals surface area contributed by atoms with Crippen LogP contribution in [-0.2, 0) is 13.1 Å². The number of carbonyl (C=O) groups is 1. The van der Waals surface area contributed by atoms with Gasteiger partial charge in [0.1, 0.15) is 0 Å². The van der Waals surface area contributed by atoms with Gasteiger partial charge in [-0.1, -0.05) is 60.7 Å². The number of fused-ring (bicyclic) bond motifs is 1. The van der Waals surface area contributed by atoms with Crippen LogP contribution in [0, 0.1) is 20.8 Å². The molecule has 0 saturated heterocycles. The van der Waals surface area contributed by atoms with E-state index >= 15 is 0 Å². The zero-order valence-electron chi connectivity index (χ0n) is 19.3. The Morgan fingerprint density at radius 3 is 2.41 bits per heavy atom. The molecule has 0 bridgehead atoms. The van der Waals surface area contributed by atoms with Gasteiger partial charge in [0.25, 0.3) is 5.56 Å². The summed E-state index contributed by atoms with van der Waals surface area (Å²) in [5.41, 5.74) is 5.77. The lowest BCUT2D eigenvalue weighted by Crippen LogP contribution is -2.45. The quantitative estimate of drug-likeness (QED) is 0.560. The number of pyridine rings is 1. The highest BCUT2D eigenvalue weighted by Gasteiger charge is 2.21. The first-order valence-corrected chi connectivity index (χ1v) is 11.6. The van der Waals surface area contributed by atoms with Crippen molar-refractivity contribution in [1.29, 1.82) is 0 Å². The smallest absolute Gasteiger partial charge is 0.318 e. The summed E-state index contributed by atoms with van der Waals surface area (Å²) in [5, 5.41) is 4.22. The third kappa shape index (κ3) is 5.21. The largest absolute Gasteiger partial charge is 0.335 e. The van der Waals surface area contributed by atoms with Crippen LogP contribution in [0.4, 0.5) is 4.79 Å². The first-order valence-electron chi connectivity index (χ1n) is 11.6. The van der Waals surface area contributed by atoms with E-state index in [-0.39, 0.29) is 24.2 Å². The van der Waals surface area contributed by atoms with Crippen molar-refractivity contribution in [2.45, 2.75) is 72.0 Å². The summed E-state index contributed by atoms with van der Waals surface area (Å²) < 4.78 is 0. The van der Waals surface area contributed by atoms with Crippen LogP contribution >= 0.6 is 0 Å². The normalized spacial score (nSPS) is 14.5. The molecule has 2 N–H and O–H groups in total. The summed E-state index contributed by atoms with van der Waals surface area (Å²) in [5.74, 6) is 0. The lowest BCUT2D eigenvalue weighted by molar-refractivity contribution is 0.184.